The Kier molecular flexibility index (Phi) is 4.98. The van der Waals surface area contributed by atoms with Crippen LogP contribution in [-0.2, 0) is 12.8 Å². The van der Waals surface area contributed by atoms with E-state index < -0.39 is 0 Å². The molecule has 0 spiro atoms. The normalized spacial score (nSPS) is 18.4. The molecule has 1 aliphatic heterocycles. The van der Waals surface area contributed by atoms with Gasteiger partial charge in [0.05, 0.1) is 5.69 Å². The second kappa shape index (κ2) is 7.53. The van der Waals surface area contributed by atoms with Crippen LogP contribution in [0.4, 0.5) is 0 Å². The highest BCUT2D eigenvalue weighted by atomic mass is 15.1. The smallest absolute Gasteiger partial charge is 0.0669 e. The molecular formula is C23H28N2. The summed E-state index contributed by atoms with van der Waals surface area (Å²) in [7, 11) is 0. The van der Waals surface area contributed by atoms with Gasteiger partial charge >= 0.3 is 0 Å². The highest BCUT2D eigenvalue weighted by Gasteiger charge is 2.19. The fraction of sp³-hybridized carbons (Fsp3) is 0.435. The standard InChI is InChI=1S/C23H28N2/c1-2-25-15-13-19(14-16-25)23-17-21(18-9-5-3-6-10-18)20-11-7-4-8-12-22(20)24-23/h3,5-6,9-10,13,17H,2,4,7-8,11-12,14-16H2,1H3. The minimum atomic E-state index is 1.06. The molecule has 130 valence electrons. The van der Waals surface area contributed by atoms with Crippen LogP contribution in [0.3, 0.4) is 0 Å². The fourth-order valence-corrected chi connectivity index (χ4v) is 4.15. The number of fused-ring (bicyclic) bond motifs is 1. The Labute approximate surface area is 151 Å². The quantitative estimate of drug-likeness (QED) is 0.725. The van der Waals surface area contributed by atoms with Crippen LogP contribution in [0, 0.1) is 0 Å². The Morgan fingerprint density at radius 3 is 2.60 bits per heavy atom. The molecule has 1 aliphatic carbocycles. The van der Waals surface area contributed by atoms with E-state index in [1.807, 2.05) is 0 Å². The lowest BCUT2D eigenvalue weighted by molar-refractivity contribution is 0.318. The molecule has 1 aromatic carbocycles. The van der Waals surface area contributed by atoms with Crippen LogP contribution in [0.25, 0.3) is 16.7 Å². The number of hydrogen-bond donors (Lipinski definition) is 0. The first-order valence-corrected chi connectivity index (χ1v) is 9.85. The van der Waals surface area contributed by atoms with E-state index in [9.17, 15) is 0 Å². The van der Waals surface area contributed by atoms with Crippen molar-refractivity contribution in [1.82, 2.24) is 9.88 Å². The number of aryl methyl sites for hydroxylation is 1. The summed E-state index contributed by atoms with van der Waals surface area (Å²) in [6.07, 6.45) is 9.73. The molecule has 0 N–H and O–H groups in total. The summed E-state index contributed by atoms with van der Waals surface area (Å²) in [6.45, 7) is 5.59. The third-order valence-corrected chi connectivity index (χ3v) is 5.70. The van der Waals surface area contributed by atoms with E-state index in [0.29, 0.717) is 0 Å². The second-order valence-electron chi connectivity index (χ2n) is 7.28. The minimum absolute atomic E-state index is 1.06. The molecule has 4 rings (SSSR count). The number of hydrogen-bond acceptors (Lipinski definition) is 2. The maximum absolute atomic E-state index is 5.15. The molecule has 0 unspecified atom stereocenters. The van der Waals surface area contributed by atoms with Gasteiger partial charge in [0, 0.05) is 18.8 Å². The highest BCUT2D eigenvalue weighted by molar-refractivity contribution is 5.74. The topological polar surface area (TPSA) is 16.1 Å². The molecule has 2 aliphatic rings. The van der Waals surface area contributed by atoms with Gasteiger partial charge in [0.1, 0.15) is 0 Å². The lowest BCUT2D eigenvalue weighted by Gasteiger charge is -2.25. The number of nitrogens with zero attached hydrogens (tertiary/aromatic N) is 2. The molecule has 0 saturated heterocycles. The van der Waals surface area contributed by atoms with Gasteiger partial charge in [-0.25, -0.2) is 0 Å². The molecule has 0 radical (unpaired) electrons. The highest BCUT2D eigenvalue weighted by Crippen LogP contribution is 2.33. The van der Waals surface area contributed by atoms with E-state index in [1.54, 1.807) is 0 Å². The maximum Gasteiger partial charge on any atom is 0.0669 e. The monoisotopic (exact) mass is 332 g/mol. The van der Waals surface area contributed by atoms with Crippen molar-refractivity contribution in [2.24, 2.45) is 0 Å². The SMILES string of the molecule is CCN1CC=C(c2cc(-c3ccccc3)c3c(n2)CCCCC3)CC1. The molecule has 0 atom stereocenters. The molecule has 2 heteroatoms. The Hall–Kier alpha value is -1.93. The first kappa shape index (κ1) is 16.5. The van der Waals surface area contributed by atoms with Crippen LogP contribution < -0.4 is 0 Å². The van der Waals surface area contributed by atoms with Gasteiger partial charge in [-0.15, -0.1) is 0 Å². The van der Waals surface area contributed by atoms with E-state index in [4.69, 9.17) is 4.98 Å². The van der Waals surface area contributed by atoms with Gasteiger partial charge in [0.15, 0.2) is 0 Å². The molecule has 2 heterocycles. The van der Waals surface area contributed by atoms with E-state index in [-0.39, 0.29) is 0 Å². The lowest BCUT2D eigenvalue weighted by Crippen LogP contribution is -2.28. The van der Waals surface area contributed by atoms with Crippen molar-refractivity contribution in [2.75, 3.05) is 19.6 Å². The third-order valence-electron chi connectivity index (χ3n) is 5.70. The molecule has 2 aromatic rings. The van der Waals surface area contributed by atoms with Gasteiger partial charge in [-0.3, -0.25) is 9.88 Å². The van der Waals surface area contributed by atoms with Crippen LogP contribution in [0.2, 0.25) is 0 Å². The van der Waals surface area contributed by atoms with Crippen LogP contribution >= 0.6 is 0 Å². The first-order chi connectivity index (χ1) is 12.3. The molecular weight excluding hydrogens is 304 g/mol. The summed E-state index contributed by atoms with van der Waals surface area (Å²) in [5.74, 6) is 0. The van der Waals surface area contributed by atoms with Crippen LogP contribution in [-0.4, -0.2) is 29.5 Å². The zero-order chi connectivity index (χ0) is 17.1. The second-order valence-corrected chi connectivity index (χ2v) is 7.28. The van der Waals surface area contributed by atoms with Crippen LogP contribution in [0.15, 0.2) is 42.5 Å². The average Bonchev–Trinajstić information content (AvgIpc) is 2.93. The van der Waals surface area contributed by atoms with Gasteiger partial charge in [0.2, 0.25) is 0 Å². The predicted octanol–water partition coefficient (Wildman–Crippen LogP) is 5.13. The van der Waals surface area contributed by atoms with Gasteiger partial charge in [-0.1, -0.05) is 49.8 Å². The minimum Gasteiger partial charge on any atom is -0.300 e. The molecule has 1 aromatic heterocycles. The van der Waals surface area contributed by atoms with E-state index in [0.717, 1.165) is 32.5 Å². The number of rotatable bonds is 3. The van der Waals surface area contributed by atoms with Crippen molar-refractivity contribution >= 4 is 5.57 Å². The molecule has 25 heavy (non-hydrogen) atoms. The van der Waals surface area contributed by atoms with Crippen LogP contribution in [0.5, 0.6) is 0 Å². The summed E-state index contributed by atoms with van der Waals surface area (Å²) >= 11 is 0. The van der Waals surface area contributed by atoms with Crippen molar-refractivity contribution in [3.63, 3.8) is 0 Å². The molecule has 0 bridgehead atoms. The zero-order valence-corrected chi connectivity index (χ0v) is 15.3. The van der Waals surface area contributed by atoms with E-state index in [2.05, 4.69) is 54.3 Å². The summed E-state index contributed by atoms with van der Waals surface area (Å²) in [5.41, 5.74) is 8.27. The van der Waals surface area contributed by atoms with E-state index in [1.165, 1.54) is 59.3 Å². The number of pyridine rings is 1. The molecule has 2 nitrogen and oxygen atoms in total. The van der Waals surface area contributed by atoms with Crippen molar-refractivity contribution < 1.29 is 0 Å². The molecule has 0 saturated carbocycles. The Bertz CT molecular complexity index is 761. The van der Waals surface area contributed by atoms with Crippen molar-refractivity contribution in [2.45, 2.75) is 45.4 Å². The predicted molar refractivity (Wildman–Crippen MR) is 106 cm³/mol. The van der Waals surface area contributed by atoms with Crippen molar-refractivity contribution in [1.29, 1.82) is 0 Å². The van der Waals surface area contributed by atoms with Gasteiger partial charge in [-0.05, 0) is 67.0 Å². The molecule has 0 fully saturated rings. The van der Waals surface area contributed by atoms with Gasteiger partial charge in [0.25, 0.3) is 0 Å². The maximum atomic E-state index is 5.15. The summed E-state index contributed by atoms with van der Waals surface area (Å²) in [4.78, 5) is 7.64. The summed E-state index contributed by atoms with van der Waals surface area (Å²) < 4.78 is 0. The Balaban J connectivity index is 1.79. The lowest BCUT2D eigenvalue weighted by atomic mass is 9.93. The number of benzene rings is 1. The van der Waals surface area contributed by atoms with E-state index >= 15 is 0 Å². The fourth-order valence-electron chi connectivity index (χ4n) is 4.15. The Morgan fingerprint density at radius 1 is 1.00 bits per heavy atom. The first-order valence-electron chi connectivity index (χ1n) is 9.85. The number of aromatic nitrogens is 1. The van der Waals surface area contributed by atoms with Crippen molar-refractivity contribution in [3.05, 3.63) is 59.4 Å². The summed E-state index contributed by atoms with van der Waals surface area (Å²) in [5, 5.41) is 0. The Morgan fingerprint density at radius 2 is 1.84 bits per heavy atom. The van der Waals surface area contributed by atoms with Crippen molar-refractivity contribution in [3.8, 4) is 11.1 Å². The largest absolute Gasteiger partial charge is 0.300 e. The third kappa shape index (κ3) is 3.55. The molecule has 0 amide bonds. The van der Waals surface area contributed by atoms with Crippen LogP contribution in [0.1, 0.15) is 49.6 Å². The average molecular weight is 332 g/mol. The van der Waals surface area contributed by atoms with Gasteiger partial charge in [-0.2, -0.15) is 0 Å². The van der Waals surface area contributed by atoms with Gasteiger partial charge < -0.3 is 0 Å². The number of likely N-dealkylation sites (N-methyl/N-ethyl adjacent to an activating group) is 1. The summed E-state index contributed by atoms with van der Waals surface area (Å²) in [6, 6.07) is 13.3. The zero-order valence-electron chi connectivity index (χ0n) is 15.3.